The standard InChI is InChI=1S/C14H9ClFN3O2/c15-11-3-9(4-12(16)6-11)8-18-14-2-1-13(19(20)21)5-10(14)7-17/h1-6,18H,8H2. The Labute approximate surface area is 124 Å². The molecule has 0 amide bonds. The highest BCUT2D eigenvalue weighted by molar-refractivity contribution is 6.30. The summed E-state index contributed by atoms with van der Waals surface area (Å²) in [4.78, 5) is 10.1. The van der Waals surface area contributed by atoms with E-state index in [4.69, 9.17) is 16.9 Å². The molecular formula is C14H9ClFN3O2. The number of benzene rings is 2. The number of nitriles is 1. The second-order valence-electron chi connectivity index (χ2n) is 4.23. The number of nitro benzene ring substituents is 1. The number of anilines is 1. The SMILES string of the molecule is N#Cc1cc([N+](=O)[O-])ccc1NCc1cc(F)cc(Cl)c1. The first-order valence-electron chi connectivity index (χ1n) is 5.87. The molecule has 0 spiro atoms. The van der Waals surface area contributed by atoms with E-state index in [0.29, 0.717) is 11.3 Å². The molecule has 0 unspecified atom stereocenters. The van der Waals surface area contributed by atoms with Gasteiger partial charge in [-0.1, -0.05) is 11.6 Å². The average molecular weight is 306 g/mol. The molecule has 7 heteroatoms. The Balaban J connectivity index is 2.20. The van der Waals surface area contributed by atoms with Gasteiger partial charge >= 0.3 is 0 Å². The van der Waals surface area contributed by atoms with Crippen molar-refractivity contribution in [2.75, 3.05) is 5.32 Å². The van der Waals surface area contributed by atoms with Crippen LogP contribution in [0.5, 0.6) is 0 Å². The van der Waals surface area contributed by atoms with E-state index in [1.165, 1.54) is 30.3 Å². The van der Waals surface area contributed by atoms with Crippen LogP contribution in [0.1, 0.15) is 11.1 Å². The number of rotatable bonds is 4. The summed E-state index contributed by atoms with van der Waals surface area (Å²) in [5.74, 6) is -0.455. The van der Waals surface area contributed by atoms with Gasteiger partial charge in [0.15, 0.2) is 0 Å². The van der Waals surface area contributed by atoms with Crippen LogP contribution in [0, 0.1) is 27.3 Å². The lowest BCUT2D eigenvalue weighted by Crippen LogP contribution is -2.02. The molecule has 0 fully saturated rings. The molecule has 0 saturated carbocycles. The first-order valence-corrected chi connectivity index (χ1v) is 6.25. The van der Waals surface area contributed by atoms with Crippen LogP contribution in [0.4, 0.5) is 15.8 Å². The Hall–Kier alpha value is -2.65. The summed E-state index contributed by atoms with van der Waals surface area (Å²) >= 11 is 5.75. The molecule has 1 N–H and O–H groups in total. The van der Waals surface area contributed by atoms with Crippen LogP contribution in [0.25, 0.3) is 0 Å². The van der Waals surface area contributed by atoms with E-state index in [0.717, 1.165) is 0 Å². The molecule has 106 valence electrons. The third-order valence-electron chi connectivity index (χ3n) is 2.74. The van der Waals surface area contributed by atoms with Crippen LogP contribution < -0.4 is 5.32 Å². The predicted molar refractivity (Wildman–Crippen MR) is 76.5 cm³/mol. The van der Waals surface area contributed by atoms with Gasteiger partial charge in [-0.25, -0.2) is 4.39 Å². The fourth-order valence-electron chi connectivity index (χ4n) is 1.80. The topological polar surface area (TPSA) is 79.0 Å². The van der Waals surface area contributed by atoms with Crippen molar-refractivity contribution in [2.24, 2.45) is 0 Å². The highest BCUT2D eigenvalue weighted by atomic mass is 35.5. The van der Waals surface area contributed by atoms with Crippen molar-refractivity contribution in [1.29, 1.82) is 5.26 Å². The Kier molecular flexibility index (Phi) is 4.36. The average Bonchev–Trinajstić information content (AvgIpc) is 2.43. The quantitative estimate of drug-likeness (QED) is 0.687. The van der Waals surface area contributed by atoms with Crippen molar-refractivity contribution in [3.05, 3.63) is 68.5 Å². The van der Waals surface area contributed by atoms with Crippen molar-refractivity contribution in [2.45, 2.75) is 6.54 Å². The molecule has 0 radical (unpaired) electrons. The van der Waals surface area contributed by atoms with Gasteiger partial charge in [-0.05, 0) is 29.8 Å². The zero-order valence-electron chi connectivity index (χ0n) is 10.6. The molecule has 0 aliphatic heterocycles. The highest BCUT2D eigenvalue weighted by Crippen LogP contribution is 2.22. The van der Waals surface area contributed by atoms with Crippen molar-refractivity contribution >= 4 is 23.0 Å². The number of nitrogens with one attached hydrogen (secondary N) is 1. The molecule has 0 heterocycles. The molecule has 0 aromatic heterocycles. The van der Waals surface area contributed by atoms with Crippen molar-refractivity contribution in [3.8, 4) is 6.07 Å². The third-order valence-corrected chi connectivity index (χ3v) is 2.96. The maximum absolute atomic E-state index is 13.2. The fourth-order valence-corrected chi connectivity index (χ4v) is 2.05. The van der Waals surface area contributed by atoms with Crippen LogP contribution in [-0.2, 0) is 6.54 Å². The van der Waals surface area contributed by atoms with Crippen molar-refractivity contribution in [1.82, 2.24) is 0 Å². The highest BCUT2D eigenvalue weighted by Gasteiger charge is 2.10. The monoisotopic (exact) mass is 305 g/mol. The van der Waals surface area contributed by atoms with Gasteiger partial charge in [-0.3, -0.25) is 10.1 Å². The minimum atomic E-state index is -0.572. The van der Waals surface area contributed by atoms with E-state index in [1.54, 1.807) is 6.07 Å². The molecule has 0 atom stereocenters. The van der Waals surface area contributed by atoms with Gasteiger partial charge in [0, 0.05) is 23.7 Å². The number of nitro groups is 1. The van der Waals surface area contributed by atoms with E-state index in [9.17, 15) is 14.5 Å². The lowest BCUT2D eigenvalue weighted by Gasteiger charge is -2.08. The lowest BCUT2D eigenvalue weighted by molar-refractivity contribution is -0.384. The fraction of sp³-hybridized carbons (Fsp3) is 0.0714. The van der Waals surface area contributed by atoms with E-state index < -0.39 is 10.7 Å². The maximum atomic E-state index is 13.2. The number of hydrogen-bond acceptors (Lipinski definition) is 4. The molecule has 2 rings (SSSR count). The second kappa shape index (κ2) is 6.20. The number of non-ortho nitro benzene ring substituents is 1. The lowest BCUT2D eigenvalue weighted by atomic mass is 10.1. The maximum Gasteiger partial charge on any atom is 0.270 e. The first kappa shape index (κ1) is 14.8. The molecule has 0 aliphatic rings. The second-order valence-corrected chi connectivity index (χ2v) is 4.67. The van der Waals surface area contributed by atoms with Crippen LogP contribution in [0.15, 0.2) is 36.4 Å². The molecule has 0 aliphatic carbocycles. The van der Waals surface area contributed by atoms with Crippen LogP contribution in [0.3, 0.4) is 0 Å². The smallest absolute Gasteiger partial charge is 0.270 e. The molecule has 21 heavy (non-hydrogen) atoms. The summed E-state index contributed by atoms with van der Waals surface area (Å²) in [6, 6.07) is 9.90. The van der Waals surface area contributed by atoms with E-state index >= 15 is 0 Å². The number of nitrogens with zero attached hydrogens (tertiary/aromatic N) is 2. The Morgan fingerprint density at radius 2 is 2.10 bits per heavy atom. The molecule has 2 aromatic carbocycles. The summed E-state index contributed by atoms with van der Waals surface area (Å²) in [6.07, 6.45) is 0. The Morgan fingerprint density at radius 1 is 1.33 bits per heavy atom. The van der Waals surface area contributed by atoms with E-state index in [2.05, 4.69) is 5.32 Å². The molecule has 0 saturated heterocycles. The Morgan fingerprint density at radius 3 is 2.71 bits per heavy atom. The summed E-state index contributed by atoms with van der Waals surface area (Å²) in [7, 11) is 0. The van der Waals surface area contributed by atoms with Gasteiger partial charge in [0.1, 0.15) is 11.9 Å². The predicted octanol–water partition coefficient (Wildman–Crippen LogP) is 3.87. The van der Waals surface area contributed by atoms with E-state index in [-0.39, 0.29) is 22.8 Å². The van der Waals surface area contributed by atoms with Gasteiger partial charge in [0.25, 0.3) is 5.69 Å². The molecular weight excluding hydrogens is 297 g/mol. The molecule has 5 nitrogen and oxygen atoms in total. The van der Waals surface area contributed by atoms with Gasteiger partial charge in [0.2, 0.25) is 0 Å². The van der Waals surface area contributed by atoms with Gasteiger partial charge in [-0.2, -0.15) is 5.26 Å². The normalized spacial score (nSPS) is 9.95. The summed E-state index contributed by atoms with van der Waals surface area (Å²) in [6.45, 7) is 0.240. The number of hydrogen-bond donors (Lipinski definition) is 1. The third kappa shape index (κ3) is 3.68. The summed E-state index contributed by atoms with van der Waals surface area (Å²) in [5.41, 5.74) is 1.02. The van der Waals surface area contributed by atoms with Gasteiger partial charge in [-0.15, -0.1) is 0 Å². The van der Waals surface area contributed by atoms with Crippen molar-refractivity contribution < 1.29 is 9.31 Å². The van der Waals surface area contributed by atoms with Crippen LogP contribution >= 0.6 is 11.6 Å². The number of halogens is 2. The van der Waals surface area contributed by atoms with E-state index in [1.807, 2.05) is 6.07 Å². The van der Waals surface area contributed by atoms with Crippen LogP contribution in [0.2, 0.25) is 5.02 Å². The van der Waals surface area contributed by atoms with Gasteiger partial charge < -0.3 is 5.32 Å². The van der Waals surface area contributed by atoms with Gasteiger partial charge in [0.05, 0.1) is 16.2 Å². The molecule has 2 aromatic rings. The van der Waals surface area contributed by atoms with Crippen molar-refractivity contribution in [3.63, 3.8) is 0 Å². The first-order chi connectivity index (χ1) is 9.99. The molecule has 0 bridgehead atoms. The minimum Gasteiger partial charge on any atom is -0.380 e. The Bertz CT molecular complexity index is 723. The van der Waals surface area contributed by atoms with Crippen LogP contribution in [-0.4, -0.2) is 4.92 Å². The largest absolute Gasteiger partial charge is 0.380 e. The summed E-state index contributed by atoms with van der Waals surface area (Å²) < 4.78 is 13.2. The zero-order valence-corrected chi connectivity index (χ0v) is 11.4. The minimum absolute atomic E-state index is 0.145. The summed E-state index contributed by atoms with van der Waals surface area (Å²) in [5, 5.41) is 22.9. The zero-order chi connectivity index (χ0) is 15.4.